The third-order valence-corrected chi connectivity index (χ3v) is 3.59. The Kier molecular flexibility index (Phi) is 4.19. The van der Waals surface area contributed by atoms with E-state index in [1.807, 2.05) is 18.2 Å². The highest BCUT2D eigenvalue weighted by Crippen LogP contribution is 2.10. The number of para-hydroxylation sites is 1. The first-order valence-corrected chi connectivity index (χ1v) is 7.28. The van der Waals surface area contributed by atoms with E-state index in [0.29, 0.717) is 18.5 Å². The fourth-order valence-electron chi connectivity index (χ4n) is 2.42. The molecule has 0 aliphatic rings. The molecule has 2 N–H and O–H groups in total. The van der Waals surface area contributed by atoms with Crippen LogP contribution in [0.4, 0.5) is 4.39 Å². The molecule has 4 nitrogen and oxygen atoms in total. The van der Waals surface area contributed by atoms with Crippen molar-refractivity contribution < 1.29 is 9.18 Å². The normalized spacial score (nSPS) is 10.7. The van der Waals surface area contributed by atoms with E-state index in [9.17, 15) is 14.0 Å². The number of hydrogen-bond donors (Lipinski definition) is 2. The van der Waals surface area contributed by atoms with Gasteiger partial charge in [0, 0.05) is 12.1 Å². The molecule has 3 rings (SSSR count). The maximum absolute atomic E-state index is 13.1. The van der Waals surface area contributed by atoms with Crippen molar-refractivity contribution in [1.82, 2.24) is 10.3 Å². The zero-order valence-corrected chi connectivity index (χ0v) is 12.3. The van der Waals surface area contributed by atoms with Crippen LogP contribution in [0.25, 0.3) is 10.9 Å². The van der Waals surface area contributed by atoms with Crippen molar-refractivity contribution in [3.05, 3.63) is 81.9 Å². The van der Waals surface area contributed by atoms with E-state index in [2.05, 4.69) is 10.3 Å². The van der Waals surface area contributed by atoms with Crippen molar-refractivity contribution in [1.29, 1.82) is 0 Å². The molecule has 1 aromatic heterocycles. The van der Waals surface area contributed by atoms with E-state index >= 15 is 0 Å². The van der Waals surface area contributed by atoms with Crippen LogP contribution in [-0.2, 0) is 6.42 Å². The number of aromatic nitrogens is 1. The van der Waals surface area contributed by atoms with Gasteiger partial charge in [-0.2, -0.15) is 0 Å². The van der Waals surface area contributed by atoms with Gasteiger partial charge in [-0.25, -0.2) is 4.39 Å². The molecule has 5 heteroatoms. The van der Waals surface area contributed by atoms with Crippen LogP contribution in [0.3, 0.4) is 0 Å². The predicted octanol–water partition coefficient (Wildman–Crippen LogP) is 2.64. The topological polar surface area (TPSA) is 62.0 Å². The van der Waals surface area contributed by atoms with Crippen LogP contribution in [0, 0.1) is 5.82 Å². The second-order valence-corrected chi connectivity index (χ2v) is 5.24. The van der Waals surface area contributed by atoms with Crippen LogP contribution in [0.15, 0.2) is 59.4 Å². The highest BCUT2D eigenvalue weighted by molar-refractivity contribution is 5.97. The molecule has 3 aromatic rings. The lowest BCUT2D eigenvalue weighted by Gasteiger charge is -2.06. The fraction of sp³-hybridized carbons (Fsp3) is 0.111. The summed E-state index contributed by atoms with van der Waals surface area (Å²) in [6.45, 7) is 0.328. The summed E-state index contributed by atoms with van der Waals surface area (Å²) < 4.78 is 13.1. The lowest BCUT2D eigenvalue weighted by molar-refractivity contribution is 0.0953. The van der Waals surface area contributed by atoms with Gasteiger partial charge in [-0.15, -0.1) is 0 Å². The summed E-state index contributed by atoms with van der Waals surface area (Å²) in [5.41, 5.74) is 1.13. The molecule has 0 saturated heterocycles. The second-order valence-electron chi connectivity index (χ2n) is 5.24. The van der Waals surface area contributed by atoms with E-state index in [4.69, 9.17) is 0 Å². The molecule has 0 unspecified atom stereocenters. The van der Waals surface area contributed by atoms with Gasteiger partial charge in [0.1, 0.15) is 11.4 Å². The molecule has 1 heterocycles. The molecule has 0 bridgehead atoms. The zero-order chi connectivity index (χ0) is 16.2. The minimum Gasteiger partial charge on any atom is -0.352 e. The number of nitrogens with one attached hydrogen (secondary N) is 2. The van der Waals surface area contributed by atoms with Crippen LogP contribution in [-0.4, -0.2) is 17.4 Å². The minimum atomic E-state index is -0.437. The number of halogens is 1. The third kappa shape index (κ3) is 3.45. The van der Waals surface area contributed by atoms with E-state index in [1.54, 1.807) is 24.3 Å². The Morgan fingerprint density at radius 2 is 1.91 bits per heavy atom. The van der Waals surface area contributed by atoms with Gasteiger partial charge in [-0.1, -0.05) is 30.3 Å². The summed E-state index contributed by atoms with van der Waals surface area (Å²) >= 11 is 0. The van der Waals surface area contributed by atoms with E-state index in [-0.39, 0.29) is 11.4 Å². The molecule has 0 atom stereocenters. The van der Waals surface area contributed by atoms with Crippen LogP contribution in [0.5, 0.6) is 0 Å². The Hall–Kier alpha value is -2.95. The van der Waals surface area contributed by atoms with Gasteiger partial charge in [-0.05, 0) is 41.6 Å². The SMILES string of the molecule is O=C(NCCc1cccc(F)c1)c1cc2ccccc2[nH]c1=O. The summed E-state index contributed by atoms with van der Waals surface area (Å²) in [7, 11) is 0. The number of H-pyrrole nitrogens is 1. The van der Waals surface area contributed by atoms with Crippen LogP contribution in [0.1, 0.15) is 15.9 Å². The quantitative estimate of drug-likeness (QED) is 0.778. The van der Waals surface area contributed by atoms with Gasteiger partial charge in [0.25, 0.3) is 11.5 Å². The highest BCUT2D eigenvalue weighted by atomic mass is 19.1. The van der Waals surface area contributed by atoms with E-state index in [0.717, 1.165) is 10.9 Å². The van der Waals surface area contributed by atoms with Crippen LogP contribution >= 0.6 is 0 Å². The Labute approximate surface area is 132 Å². The molecule has 0 aliphatic carbocycles. The van der Waals surface area contributed by atoms with Gasteiger partial charge in [-0.3, -0.25) is 9.59 Å². The van der Waals surface area contributed by atoms with Crippen LogP contribution in [0.2, 0.25) is 0 Å². The molecule has 0 spiro atoms. The number of benzene rings is 2. The third-order valence-electron chi connectivity index (χ3n) is 3.59. The van der Waals surface area contributed by atoms with Crippen molar-refractivity contribution in [2.75, 3.05) is 6.54 Å². The number of hydrogen-bond acceptors (Lipinski definition) is 2. The number of aromatic amines is 1. The first-order valence-electron chi connectivity index (χ1n) is 7.28. The Morgan fingerprint density at radius 3 is 2.74 bits per heavy atom. The first kappa shape index (κ1) is 15.0. The minimum absolute atomic E-state index is 0.0722. The molecule has 0 aliphatic heterocycles. The largest absolute Gasteiger partial charge is 0.352 e. The lowest BCUT2D eigenvalue weighted by atomic mass is 10.1. The van der Waals surface area contributed by atoms with Crippen molar-refractivity contribution in [2.45, 2.75) is 6.42 Å². The maximum atomic E-state index is 13.1. The number of carbonyl (C=O) groups excluding carboxylic acids is 1. The summed E-state index contributed by atoms with van der Waals surface area (Å²) in [5, 5.41) is 3.48. The summed E-state index contributed by atoms with van der Waals surface area (Å²) in [4.78, 5) is 26.8. The Bertz CT molecular complexity index is 918. The van der Waals surface area contributed by atoms with Crippen molar-refractivity contribution in [3.63, 3.8) is 0 Å². The smallest absolute Gasteiger partial charge is 0.261 e. The second kappa shape index (κ2) is 6.44. The lowest BCUT2D eigenvalue weighted by Crippen LogP contribution is -2.31. The molecule has 23 heavy (non-hydrogen) atoms. The summed E-state index contributed by atoms with van der Waals surface area (Å²) in [6, 6.07) is 15.1. The Balaban J connectivity index is 1.71. The number of carbonyl (C=O) groups is 1. The number of fused-ring (bicyclic) bond motifs is 1. The van der Waals surface area contributed by atoms with Crippen molar-refractivity contribution in [2.24, 2.45) is 0 Å². The first-order chi connectivity index (χ1) is 11.1. The highest BCUT2D eigenvalue weighted by Gasteiger charge is 2.11. The monoisotopic (exact) mass is 310 g/mol. The molecule has 2 aromatic carbocycles. The average molecular weight is 310 g/mol. The number of amides is 1. The molecule has 1 amide bonds. The molecule has 0 radical (unpaired) electrons. The summed E-state index contributed by atoms with van der Waals surface area (Å²) in [5.74, 6) is -0.742. The van der Waals surface area contributed by atoms with E-state index < -0.39 is 11.5 Å². The van der Waals surface area contributed by atoms with Gasteiger partial charge in [0.15, 0.2) is 0 Å². The van der Waals surface area contributed by atoms with Crippen LogP contribution < -0.4 is 10.9 Å². The fourth-order valence-corrected chi connectivity index (χ4v) is 2.42. The average Bonchev–Trinajstić information content (AvgIpc) is 2.54. The number of pyridine rings is 1. The van der Waals surface area contributed by atoms with Crippen molar-refractivity contribution in [3.8, 4) is 0 Å². The van der Waals surface area contributed by atoms with E-state index in [1.165, 1.54) is 12.1 Å². The van der Waals surface area contributed by atoms with Gasteiger partial charge in [0.2, 0.25) is 0 Å². The molecular weight excluding hydrogens is 295 g/mol. The van der Waals surface area contributed by atoms with Crippen molar-refractivity contribution >= 4 is 16.8 Å². The predicted molar refractivity (Wildman–Crippen MR) is 87.0 cm³/mol. The maximum Gasteiger partial charge on any atom is 0.261 e. The van der Waals surface area contributed by atoms with Gasteiger partial charge < -0.3 is 10.3 Å². The zero-order valence-electron chi connectivity index (χ0n) is 12.3. The summed E-state index contributed by atoms with van der Waals surface area (Å²) in [6.07, 6.45) is 0.495. The number of rotatable bonds is 4. The molecule has 116 valence electrons. The molecule has 0 fully saturated rings. The molecular formula is C18H15FN2O2. The van der Waals surface area contributed by atoms with Gasteiger partial charge >= 0.3 is 0 Å². The Morgan fingerprint density at radius 1 is 1.09 bits per heavy atom. The molecule has 0 saturated carbocycles. The van der Waals surface area contributed by atoms with Gasteiger partial charge in [0.05, 0.1) is 0 Å². The standard InChI is InChI=1S/C18H15FN2O2/c19-14-6-3-4-12(10-14)8-9-20-17(22)15-11-13-5-1-2-7-16(13)21-18(15)23/h1-7,10-11H,8-9H2,(H,20,22)(H,21,23).